The van der Waals surface area contributed by atoms with Crippen molar-refractivity contribution < 1.29 is 0 Å². The first-order valence-corrected chi connectivity index (χ1v) is 6.17. The second kappa shape index (κ2) is 6.46. The number of rotatable bonds is 5. The van der Waals surface area contributed by atoms with E-state index in [9.17, 15) is 0 Å². The van der Waals surface area contributed by atoms with E-state index < -0.39 is 0 Å². The molecule has 0 aromatic heterocycles. The molecule has 90 valence electrons. The summed E-state index contributed by atoms with van der Waals surface area (Å²) in [6.45, 7) is 0.831. The molecule has 0 bridgehead atoms. The Balaban J connectivity index is 2.14. The van der Waals surface area contributed by atoms with E-state index in [0.717, 1.165) is 18.7 Å². The number of benzene rings is 2. The second-order valence-electron chi connectivity index (χ2n) is 4.10. The predicted molar refractivity (Wildman–Crippen MR) is 75.2 cm³/mol. The van der Waals surface area contributed by atoms with Crippen LogP contribution in [0.25, 0.3) is 11.1 Å². The average Bonchev–Trinajstić information content (AvgIpc) is 2.45. The normalized spacial score (nSPS) is 9.72. The highest BCUT2D eigenvalue weighted by molar-refractivity contribution is 5.77. The number of hydrogen-bond acceptors (Lipinski definition) is 2. The highest BCUT2D eigenvalue weighted by Gasteiger charge is 2.02. The van der Waals surface area contributed by atoms with E-state index in [1.165, 1.54) is 11.1 Å². The number of para-hydroxylation sites is 1. The van der Waals surface area contributed by atoms with E-state index in [1.807, 2.05) is 30.3 Å². The van der Waals surface area contributed by atoms with Crippen LogP contribution in [0.3, 0.4) is 0 Å². The van der Waals surface area contributed by atoms with Crippen molar-refractivity contribution in [1.82, 2.24) is 0 Å². The van der Waals surface area contributed by atoms with Gasteiger partial charge in [0.25, 0.3) is 0 Å². The summed E-state index contributed by atoms with van der Waals surface area (Å²) < 4.78 is 0. The molecule has 0 spiro atoms. The molecule has 1 N–H and O–H groups in total. The maximum absolute atomic E-state index is 8.52. The molecule has 0 aliphatic heterocycles. The van der Waals surface area contributed by atoms with Crippen molar-refractivity contribution in [3.05, 3.63) is 54.6 Å². The average molecular weight is 236 g/mol. The van der Waals surface area contributed by atoms with Gasteiger partial charge >= 0.3 is 0 Å². The molecule has 0 unspecified atom stereocenters. The Morgan fingerprint density at radius 2 is 1.67 bits per heavy atom. The van der Waals surface area contributed by atoms with Crippen molar-refractivity contribution in [2.45, 2.75) is 12.8 Å². The van der Waals surface area contributed by atoms with Crippen LogP contribution in [0.5, 0.6) is 0 Å². The minimum absolute atomic E-state index is 0.598. The van der Waals surface area contributed by atoms with Gasteiger partial charge < -0.3 is 5.32 Å². The van der Waals surface area contributed by atoms with Gasteiger partial charge in [0.1, 0.15) is 0 Å². The Morgan fingerprint density at radius 3 is 2.44 bits per heavy atom. The van der Waals surface area contributed by atoms with Crippen LogP contribution < -0.4 is 5.32 Å². The third-order valence-electron chi connectivity index (χ3n) is 2.79. The first kappa shape index (κ1) is 12.2. The maximum atomic E-state index is 8.52. The Kier molecular flexibility index (Phi) is 4.38. The fourth-order valence-electron chi connectivity index (χ4n) is 1.90. The van der Waals surface area contributed by atoms with E-state index in [0.29, 0.717) is 6.42 Å². The number of nitrogens with zero attached hydrogens (tertiary/aromatic N) is 1. The molecule has 2 heteroatoms. The smallest absolute Gasteiger partial charge is 0.0622 e. The van der Waals surface area contributed by atoms with Gasteiger partial charge in [0.05, 0.1) is 6.07 Å². The van der Waals surface area contributed by atoms with Crippen molar-refractivity contribution in [3.63, 3.8) is 0 Å². The fourth-order valence-corrected chi connectivity index (χ4v) is 1.90. The maximum Gasteiger partial charge on any atom is 0.0622 e. The van der Waals surface area contributed by atoms with Gasteiger partial charge in [-0.15, -0.1) is 0 Å². The molecule has 0 radical (unpaired) electrons. The lowest BCUT2D eigenvalue weighted by molar-refractivity contribution is 0.898. The number of nitriles is 1. The number of anilines is 1. The summed E-state index contributed by atoms with van der Waals surface area (Å²) in [5.41, 5.74) is 3.54. The summed E-state index contributed by atoms with van der Waals surface area (Å²) in [5, 5.41) is 11.9. The molecule has 0 aliphatic carbocycles. The summed E-state index contributed by atoms with van der Waals surface area (Å²) in [5.74, 6) is 0. The van der Waals surface area contributed by atoms with Crippen molar-refractivity contribution in [1.29, 1.82) is 5.26 Å². The lowest BCUT2D eigenvalue weighted by Gasteiger charge is -2.11. The molecule has 0 saturated heterocycles. The monoisotopic (exact) mass is 236 g/mol. The van der Waals surface area contributed by atoms with Crippen LogP contribution in [0, 0.1) is 11.3 Å². The van der Waals surface area contributed by atoms with E-state index in [4.69, 9.17) is 5.26 Å². The van der Waals surface area contributed by atoms with Gasteiger partial charge in [-0.2, -0.15) is 5.26 Å². The molecule has 0 aliphatic rings. The van der Waals surface area contributed by atoms with Gasteiger partial charge in [-0.1, -0.05) is 48.5 Å². The SMILES string of the molecule is N#CCCCNc1ccccc1-c1ccccc1. The summed E-state index contributed by atoms with van der Waals surface area (Å²) in [7, 11) is 0. The molecular formula is C16H16N2. The van der Waals surface area contributed by atoms with Crippen LogP contribution in [-0.4, -0.2) is 6.54 Å². The van der Waals surface area contributed by atoms with Crippen LogP contribution in [0.1, 0.15) is 12.8 Å². The van der Waals surface area contributed by atoms with Crippen molar-refractivity contribution in [2.24, 2.45) is 0 Å². The summed E-state index contributed by atoms with van der Waals surface area (Å²) in [6, 6.07) is 20.7. The van der Waals surface area contributed by atoms with Gasteiger partial charge in [0.15, 0.2) is 0 Å². The summed E-state index contributed by atoms with van der Waals surface area (Å²) in [4.78, 5) is 0. The molecule has 2 aromatic carbocycles. The fraction of sp³-hybridized carbons (Fsp3) is 0.188. The zero-order valence-corrected chi connectivity index (χ0v) is 10.3. The number of hydrogen-bond donors (Lipinski definition) is 1. The molecule has 0 heterocycles. The van der Waals surface area contributed by atoms with Crippen LogP contribution in [0.4, 0.5) is 5.69 Å². The summed E-state index contributed by atoms with van der Waals surface area (Å²) >= 11 is 0. The van der Waals surface area contributed by atoms with Gasteiger partial charge in [0.2, 0.25) is 0 Å². The first-order valence-electron chi connectivity index (χ1n) is 6.17. The van der Waals surface area contributed by atoms with Gasteiger partial charge in [-0.3, -0.25) is 0 Å². The van der Waals surface area contributed by atoms with Crippen LogP contribution in [0.15, 0.2) is 54.6 Å². The standard InChI is InChI=1S/C16H16N2/c17-12-6-7-13-18-16-11-5-4-10-15(16)14-8-2-1-3-9-14/h1-5,8-11,18H,6-7,13H2. The molecule has 2 aromatic rings. The third kappa shape index (κ3) is 3.11. The van der Waals surface area contributed by atoms with Crippen molar-refractivity contribution >= 4 is 5.69 Å². The molecule has 0 saturated carbocycles. The lowest BCUT2D eigenvalue weighted by atomic mass is 10.0. The Bertz CT molecular complexity index is 526. The van der Waals surface area contributed by atoms with Crippen molar-refractivity contribution in [3.8, 4) is 17.2 Å². The molecule has 18 heavy (non-hydrogen) atoms. The molecule has 2 nitrogen and oxygen atoms in total. The number of nitrogens with one attached hydrogen (secondary N) is 1. The minimum atomic E-state index is 0.598. The van der Waals surface area contributed by atoms with E-state index in [1.54, 1.807) is 0 Å². The molecule has 0 amide bonds. The largest absolute Gasteiger partial charge is 0.385 e. The van der Waals surface area contributed by atoms with Gasteiger partial charge in [-0.05, 0) is 18.1 Å². The second-order valence-corrected chi connectivity index (χ2v) is 4.10. The van der Waals surface area contributed by atoms with Crippen molar-refractivity contribution in [2.75, 3.05) is 11.9 Å². The Hall–Kier alpha value is -2.27. The quantitative estimate of drug-likeness (QED) is 0.794. The first-order chi connectivity index (χ1) is 8.92. The van der Waals surface area contributed by atoms with E-state index in [2.05, 4.69) is 35.7 Å². The van der Waals surface area contributed by atoms with E-state index >= 15 is 0 Å². The molecular weight excluding hydrogens is 220 g/mol. The van der Waals surface area contributed by atoms with Gasteiger partial charge in [-0.25, -0.2) is 0 Å². The van der Waals surface area contributed by atoms with Gasteiger partial charge in [0, 0.05) is 24.2 Å². The lowest BCUT2D eigenvalue weighted by Crippen LogP contribution is -2.02. The predicted octanol–water partition coefficient (Wildman–Crippen LogP) is 4.07. The highest BCUT2D eigenvalue weighted by Crippen LogP contribution is 2.27. The molecule has 0 fully saturated rings. The highest BCUT2D eigenvalue weighted by atomic mass is 14.9. The minimum Gasteiger partial charge on any atom is -0.385 e. The molecule has 0 atom stereocenters. The zero-order valence-electron chi connectivity index (χ0n) is 10.3. The van der Waals surface area contributed by atoms with E-state index in [-0.39, 0.29) is 0 Å². The third-order valence-corrected chi connectivity index (χ3v) is 2.79. The van der Waals surface area contributed by atoms with Crippen LogP contribution in [-0.2, 0) is 0 Å². The number of unbranched alkanes of at least 4 members (excludes halogenated alkanes) is 1. The Labute approximate surface area is 108 Å². The van der Waals surface area contributed by atoms with Crippen LogP contribution in [0.2, 0.25) is 0 Å². The Morgan fingerprint density at radius 1 is 0.944 bits per heavy atom. The van der Waals surface area contributed by atoms with Crippen LogP contribution >= 0.6 is 0 Å². The topological polar surface area (TPSA) is 35.8 Å². The molecule has 2 rings (SSSR count). The zero-order chi connectivity index (χ0) is 12.6. The summed E-state index contributed by atoms with van der Waals surface area (Å²) in [6.07, 6.45) is 1.47.